The Morgan fingerprint density at radius 3 is 1.96 bits per heavy atom. The predicted molar refractivity (Wildman–Crippen MR) is 112 cm³/mol. The Morgan fingerprint density at radius 1 is 0.750 bits per heavy atom. The van der Waals surface area contributed by atoms with Crippen molar-refractivity contribution in [2.45, 2.75) is 20.8 Å². The van der Waals surface area contributed by atoms with Crippen molar-refractivity contribution in [3.05, 3.63) is 77.6 Å². The maximum Gasteiger partial charge on any atom is 0.274 e. The molecule has 3 N–H and O–H groups in total. The van der Waals surface area contributed by atoms with Crippen LogP contribution in [0.3, 0.4) is 0 Å². The third-order valence-electron chi connectivity index (χ3n) is 3.97. The van der Waals surface area contributed by atoms with Crippen LogP contribution in [0.25, 0.3) is 0 Å². The summed E-state index contributed by atoms with van der Waals surface area (Å²) in [5.74, 6) is -0.453. The van der Waals surface area contributed by atoms with E-state index in [1.165, 1.54) is 6.92 Å². The van der Waals surface area contributed by atoms with Gasteiger partial charge in [0.05, 0.1) is 0 Å². The number of nitrogens with zero attached hydrogens (tertiary/aromatic N) is 1. The second-order valence-corrected chi connectivity index (χ2v) is 6.64. The van der Waals surface area contributed by atoms with Crippen molar-refractivity contribution < 1.29 is 9.59 Å². The number of hydrogen-bond acceptors (Lipinski definition) is 4. The van der Waals surface area contributed by atoms with Crippen LogP contribution in [0.15, 0.2) is 60.8 Å². The summed E-state index contributed by atoms with van der Waals surface area (Å²) in [5, 5.41) is 8.80. The van der Waals surface area contributed by atoms with Gasteiger partial charge in [0, 0.05) is 35.9 Å². The Kier molecular flexibility index (Phi) is 5.69. The molecule has 6 heteroatoms. The Bertz CT molecular complexity index is 993. The normalized spacial score (nSPS) is 10.2. The van der Waals surface area contributed by atoms with Crippen molar-refractivity contribution in [2.24, 2.45) is 0 Å². The highest BCUT2D eigenvalue weighted by Gasteiger charge is 2.09. The van der Waals surface area contributed by atoms with Gasteiger partial charge < -0.3 is 16.0 Å². The number of carbonyl (C=O) groups is 2. The number of rotatable bonds is 5. The number of hydrogen-bond donors (Lipinski definition) is 3. The van der Waals surface area contributed by atoms with E-state index in [0.29, 0.717) is 17.1 Å². The quantitative estimate of drug-likeness (QED) is 0.607. The van der Waals surface area contributed by atoms with Crippen LogP contribution in [0, 0.1) is 13.8 Å². The topological polar surface area (TPSA) is 83.1 Å². The van der Waals surface area contributed by atoms with Crippen molar-refractivity contribution >= 4 is 34.6 Å². The molecule has 0 radical (unpaired) electrons. The molecular formula is C22H22N4O2. The van der Waals surface area contributed by atoms with Crippen LogP contribution in [-0.4, -0.2) is 16.8 Å². The molecule has 0 saturated heterocycles. The first-order valence-corrected chi connectivity index (χ1v) is 8.89. The summed E-state index contributed by atoms with van der Waals surface area (Å²) in [6.07, 6.45) is 1.60. The van der Waals surface area contributed by atoms with E-state index in [1.807, 2.05) is 32.0 Å². The molecule has 6 nitrogen and oxygen atoms in total. The third-order valence-corrected chi connectivity index (χ3v) is 3.97. The molecule has 0 aliphatic heterocycles. The summed E-state index contributed by atoms with van der Waals surface area (Å²) in [6.45, 7) is 5.53. The number of carbonyl (C=O) groups excluding carboxylic acids is 2. The van der Waals surface area contributed by atoms with Crippen molar-refractivity contribution in [3.8, 4) is 0 Å². The summed E-state index contributed by atoms with van der Waals surface area (Å²) in [6, 6.07) is 16.6. The Morgan fingerprint density at radius 2 is 1.36 bits per heavy atom. The second-order valence-electron chi connectivity index (χ2n) is 6.64. The van der Waals surface area contributed by atoms with Crippen molar-refractivity contribution in [1.29, 1.82) is 0 Å². The lowest BCUT2D eigenvalue weighted by atomic mass is 10.1. The van der Waals surface area contributed by atoms with E-state index in [4.69, 9.17) is 0 Å². The lowest BCUT2D eigenvalue weighted by Crippen LogP contribution is -2.14. The highest BCUT2D eigenvalue weighted by atomic mass is 16.2. The van der Waals surface area contributed by atoms with Gasteiger partial charge in [-0.3, -0.25) is 14.6 Å². The lowest BCUT2D eigenvalue weighted by Gasteiger charge is -2.10. The van der Waals surface area contributed by atoms with Crippen molar-refractivity contribution in [2.75, 3.05) is 16.0 Å². The molecule has 0 aliphatic rings. The molecule has 2 aromatic carbocycles. The summed E-state index contributed by atoms with van der Waals surface area (Å²) in [5.41, 5.74) is 5.67. The van der Waals surface area contributed by atoms with Gasteiger partial charge in [0.2, 0.25) is 5.91 Å². The smallest absolute Gasteiger partial charge is 0.274 e. The molecule has 2 amide bonds. The molecule has 0 fully saturated rings. The highest BCUT2D eigenvalue weighted by Crippen LogP contribution is 2.20. The summed E-state index contributed by atoms with van der Waals surface area (Å²) < 4.78 is 0. The van der Waals surface area contributed by atoms with Crippen LogP contribution in [-0.2, 0) is 4.79 Å². The van der Waals surface area contributed by atoms with Gasteiger partial charge in [-0.1, -0.05) is 6.07 Å². The molecule has 0 bridgehead atoms. The Hall–Kier alpha value is -3.67. The van der Waals surface area contributed by atoms with Gasteiger partial charge >= 0.3 is 0 Å². The van der Waals surface area contributed by atoms with Gasteiger partial charge in [0.25, 0.3) is 5.91 Å². The number of benzene rings is 2. The predicted octanol–water partition coefficient (Wildman–Crippen LogP) is 4.65. The zero-order valence-electron chi connectivity index (χ0n) is 16.0. The van der Waals surface area contributed by atoms with E-state index in [0.717, 1.165) is 22.5 Å². The molecule has 142 valence electrons. The van der Waals surface area contributed by atoms with Crippen LogP contribution < -0.4 is 16.0 Å². The molecular weight excluding hydrogens is 352 g/mol. The zero-order chi connectivity index (χ0) is 20.1. The lowest BCUT2D eigenvalue weighted by molar-refractivity contribution is -0.114. The Balaban J connectivity index is 1.70. The van der Waals surface area contributed by atoms with Crippen LogP contribution in [0.2, 0.25) is 0 Å². The van der Waals surface area contributed by atoms with Gasteiger partial charge in [0.1, 0.15) is 5.69 Å². The van der Waals surface area contributed by atoms with E-state index in [9.17, 15) is 9.59 Å². The number of anilines is 4. The van der Waals surface area contributed by atoms with E-state index in [2.05, 4.69) is 27.0 Å². The number of amides is 2. The molecule has 0 unspecified atom stereocenters. The number of pyridine rings is 1. The molecule has 1 aromatic heterocycles. The summed E-state index contributed by atoms with van der Waals surface area (Å²) >= 11 is 0. The van der Waals surface area contributed by atoms with Gasteiger partial charge in [-0.25, -0.2) is 0 Å². The number of aromatic nitrogens is 1. The molecule has 0 aliphatic carbocycles. The van der Waals surface area contributed by atoms with E-state index >= 15 is 0 Å². The monoisotopic (exact) mass is 374 g/mol. The fourth-order valence-electron chi connectivity index (χ4n) is 2.88. The number of nitrogens with one attached hydrogen (secondary N) is 3. The van der Waals surface area contributed by atoms with Crippen molar-refractivity contribution in [3.63, 3.8) is 0 Å². The first-order valence-electron chi connectivity index (χ1n) is 8.89. The first kappa shape index (κ1) is 19.1. The molecule has 3 aromatic rings. The van der Waals surface area contributed by atoms with E-state index in [-0.39, 0.29) is 11.8 Å². The third kappa shape index (κ3) is 5.17. The molecule has 0 atom stereocenters. The van der Waals surface area contributed by atoms with Crippen LogP contribution >= 0.6 is 0 Å². The van der Waals surface area contributed by atoms with Crippen LogP contribution in [0.5, 0.6) is 0 Å². The van der Waals surface area contributed by atoms with Gasteiger partial charge in [-0.05, 0) is 73.5 Å². The molecule has 1 heterocycles. The zero-order valence-corrected chi connectivity index (χ0v) is 16.0. The SMILES string of the molecule is CC(=O)Nc1ccc(NC(=O)c2cc(Nc3cc(C)cc(C)c3)ccn2)cc1. The van der Waals surface area contributed by atoms with Gasteiger partial charge in [0.15, 0.2) is 0 Å². The molecule has 3 rings (SSSR count). The van der Waals surface area contributed by atoms with Gasteiger partial charge in [-0.2, -0.15) is 0 Å². The maximum absolute atomic E-state index is 12.5. The standard InChI is InChI=1S/C22H22N4O2/c1-14-10-15(2)12-20(11-14)25-19-8-9-23-21(13-19)22(28)26-18-6-4-17(5-7-18)24-16(3)27/h4-13H,1-3H3,(H,23,25)(H,24,27)(H,26,28). The van der Waals surface area contributed by atoms with Crippen molar-refractivity contribution in [1.82, 2.24) is 4.98 Å². The van der Waals surface area contributed by atoms with Crippen LogP contribution in [0.4, 0.5) is 22.7 Å². The minimum Gasteiger partial charge on any atom is -0.355 e. The Labute approximate surface area is 164 Å². The molecule has 0 saturated carbocycles. The van der Waals surface area contributed by atoms with Crippen LogP contribution in [0.1, 0.15) is 28.5 Å². The average Bonchev–Trinajstić information content (AvgIpc) is 2.62. The highest BCUT2D eigenvalue weighted by molar-refractivity contribution is 6.03. The molecule has 28 heavy (non-hydrogen) atoms. The molecule has 0 spiro atoms. The van der Waals surface area contributed by atoms with E-state index < -0.39 is 0 Å². The second kappa shape index (κ2) is 8.35. The maximum atomic E-state index is 12.5. The summed E-state index contributed by atoms with van der Waals surface area (Å²) in [4.78, 5) is 27.7. The number of aryl methyl sites for hydroxylation is 2. The first-order chi connectivity index (χ1) is 13.4. The largest absolute Gasteiger partial charge is 0.355 e. The fourth-order valence-corrected chi connectivity index (χ4v) is 2.88. The minimum atomic E-state index is -0.309. The van der Waals surface area contributed by atoms with E-state index in [1.54, 1.807) is 36.5 Å². The van der Waals surface area contributed by atoms with Gasteiger partial charge in [-0.15, -0.1) is 0 Å². The average molecular weight is 374 g/mol. The fraction of sp³-hybridized carbons (Fsp3) is 0.136. The summed E-state index contributed by atoms with van der Waals surface area (Å²) in [7, 11) is 0. The minimum absolute atomic E-state index is 0.144.